The van der Waals surface area contributed by atoms with E-state index in [0.29, 0.717) is 17.2 Å². The van der Waals surface area contributed by atoms with Gasteiger partial charge < -0.3 is 14.8 Å². The normalized spacial score (nSPS) is 11.4. The Morgan fingerprint density at radius 2 is 1.16 bits per heavy atom. The molecule has 1 amide bonds. The van der Waals surface area contributed by atoms with E-state index in [-0.39, 0.29) is 5.91 Å². The van der Waals surface area contributed by atoms with Gasteiger partial charge in [-0.1, -0.05) is 60.7 Å². The summed E-state index contributed by atoms with van der Waals surface area (Å²) in [6, 6.07) is 34.6. The van der Waals surface area contributed by atoms with Crippen molar-refractivity contribution in [3.63, 3.8) is 0 Å². The Morgan fingerprint density at radius 1 is 0.645 bits per heavy atom. The monoisotopic (exact) mass is 409 g/mol. The molecule has 1 N–H and O–H groups in total. The zero-order valence-electron chi connectivity index (χ0n) is 17.2. The van der Waals surface area contributed by atoms with Crippen LogP contribution in [0.4, 0.5) is 5.69 Å². The first-order valence-electron chi connectivity index (χ1n) is 10.1. The van der Waals surface area contributed by atoms with Crippen LogP contribution in [0.1, 0.15) is 6.92 Å². The van der Waals surface area contributed by atoms with Crippen molar-refractivity contribution in [2.45, 2.75) is 13.0 Å². The second-order valence-electron chi connectivity index (χ2n) is 7.08. The van der Waals surface area contributed by atoms with Crippen LogP contribution in [0.3, 0.4) is 0 Å². The lowest BCUT2D eigenvalue weighted by molar-refractivity contribution is -0.122. The van der Waals surface area contributed by atoms with Crippen molar-refractivity contribution in [1.82, 2.24) is 0 Å². The van der Waals surface area contributed by atoms with Gasteiger partial charge in [0.2, 0.25) is 0 Å². The molecule has 0 radical (unpaired) electrons. The zero-order valence-corrected chi connectivity index (χ0v) is 17.2. The highest BCUT2D eigenvalue weighted by molar-refractivity contribution is 5.94. The molecule has 0 aliphatic carbocycles. The topological polar surface area (TPSA) is 47.6 Å². The van der Waals surface area contributed by atoms with Crippen molar-refractivity contribution >= 4 is 11.6 Å². The van der Waals surface area contributed by atoms with Gasteiger partial charge >= 0.3 is 0 Å². The number of amides is 1. The number of hydrogen-bond donors (Lipinski definition) is 1. The molecule has 0 aromatic heterocycles. The molecule has 4 aromatic rings. The lowest BCUT2D eigenvalue weighted by atomic mass is 10.1. The van der Waals surface area contributed by atoms with Crippen molar-refractivity contribution in [1.29, 1.82) is 0 Å². The van der Waals surface area contributed by atoms with Crippen LogP contribution in [0.5, 0.6) is 17.2 Å². The highest BCUT2D eigenvalue weighted by atomic mass is 16.5. The summed E-state index contributed by atoms with van der Waals surface area (Å²) in [6.45, 7) is 1.73. The van der Waals surface area contributed by atoms with Gasteiger partial charge in [0.25, 0.3) is 5.91 Å². The third kappa shape index (κ3) is 5.52. The highest BCUT2D eigenvalue weighted by Gasteiger charge is 2.15. The third-order valence-electron chi connectivity index (χ3n) is 4.74. The molecule has 0 aliphatic rings. The maximum Gasteiger partial charge on any atom is 0.265 e. The van der Waals surface area contributed by atoms with Gasteiger partial charge in [0.1, 0.15) is 17.2 Å². The molecule has 0 spiro atoms. The summed E-state index contributed by atoms with van der Waals surface area (Å²) in [7, 11) is 0. The molecule has 4 nitrogen and oxygen atoms in total. The van der Waals surface area contributed by atoms with Crippen LogP contribution < -0.4 is 14.8 Å². The number of para-hydroxylation sites is 1. The molecule has 4 heteroatoms. The minimum Gasteiger partial charge on any atom is -0.481 e. The number of rotatable bonds is 7. The van der Waals surface area contributed by atoms with E-state index in [2.05, 4.69) is 17.4 Å². The molecule has 0 bridgehead atoms. The summed E-state index contributed by atoms with van der Waals surface area (Å²) in [5, 5.41) is 2.87. The minimum atomic E-state index is -0.636. The molecular weight excluding hydrogens is 386 g/mol. The molecule has 1 unspecified atom stereocenters. The predicted octanol–water partition coefficient (Wildman–Crippen LogP) is 6.55. The fourth-order valence-electron chi connectivity index (χ4n) is 3.09. The summed E-state index contributed by atoms with van der Waals surface area (Å²) in [6.07, 6.45) is -0.636. The van der Waals surface area contributed by atoms with E-state index in [1.165, 1.54) is 0 Å². The van der Waals surface area contributed by atoms with Gasteiger partial charge in [0, 0.05) is 5.69 Å². The maximum atomic E-state index is 12.5. The van der Waals surface area contributed by atoms with Gasteiger partial charge in [-0.05, 0) is 66.6 Å². The standard InChI is InChI=1S/C27H23NO3/c1-20(30-25-16-12-22(13-17-25)21-8-4-2-5-9-21)27(29)28-23-14-18-26(19-15-23)31-24-10-6-3-7-11-24/h2-20H,1H3,(H,28,29). The molecule has 4 aromatic carbocycles. The van der Waals surface area contributed by atoms with Gasteiger partial charge in [-0.3, -0.25) is 4.79 Å². The first-order valence-corrected chi connectivity index (χ1v) is 10.1. The predicted molar refractivity (Wildman–Crippen MR) is 124 cm³/mol. The SMILES string of the molecule is CC(Oc1ccc(-c2ccccc2)cc1)C(=O)Nc1ccc(Oc2ccccc2)cc1. The number of anilines is 1. The number of carbonyl (C=O) groups is 1. The van der Waals surface area contributed by atoms with Crippen LogP contribution in [-0.2, 0) is 4.79 Å². The summed E-state index contributed by atoms with van der Waals surface area (Å²) >= 11 is 0. The van der Waals surface area contributed by atoms with E-state index >= 15 is 0 Å². The quantitative estimate of drug-likeness (QED) is 0.376. The lowest BCUT2D eigenvalue weighted by Crippen LogP contribution is -2.30. The molecule has 0 saturated heterocycles. The van der Waals surface area contributed by atoms with E-state index in [4.69, 9.17) is 9.47 Å². The van der Waals surface area contributed by atoms with Gasteiger partial charge in [-0.2, -0.15) is 0 Å². The molecule has 0 heterocycles. The second kappa shape index (κ2) is 9.63. The van der Waals surface area contributed by atoms with Gasteiger partial charge in [-0.25, -0.2) is 0 Å². The Labute approximate surface area is 182 Å². The molecule has 0 saturated carbocycles. The first kappa shape index (κ1) is 20.2. The van der Waals surface area contributed by atoms with Crippen molar-refractivity contribution in [2.75, 3.05) is 5.32 Å². The number of ether oxygens (including phenoxy) is 2. The van der Waals surface area contributed by atoms with Crippen molar-refractivity contribution in [3.05, 3.63) is 109 Å². The van der Waals surface area contributed by atoms with E-state index in [1.807, 2.05) is 84.9 Å². The molecular formula is C27H23NO3. The summed E-state index contributed by atoms with van der Waals surface area (Å²) in [5.41, 5.74) is 2.92. The Balaban J connectivity index is 1.32. The Kier molecular flexibility index (Phi) is 6.29. The van der Waals surface area contributed by atoms with Crippen molar-refractivity contribution < 1.29 is 14.3 Å². The second-order valence-corrected chi connectivity index (χ2v) is 7.08. The smallest absolute Gasteiger partial charge is 0.265 e. The molecule has 1 atom stereocenters. The Hall–Kier alpha value is -4.05. The van der Waals surface area contributed by atoms with Crippen molar-refractivity contribution in [2.24, 2.45) is 0 Å². The average Bonchev–Trinajstić information content (AvgIpc) is 2.82. The largest absolute Gasteiger partial charge is 0.481 e. The summed E-state index contributed by atoms with van der Waals surface area (Å²) in [4.78, 5) is 12.5. The number of nitrogens with one attached hydrogen (secondary N) is 1. The van der Waals surface area contributed by atoms with Crippen LogP contribution >= 0.6 is 0 Å². The highest BCUT2D eigenvalue weighted by Crippen LogP contribution is 2.24. The maximum absolute atomic E-state index is 12.5. The van der Waals surface area contributed by atoms with E-state index < -0.39 is 6.10 Å². The van der Waals surface area contributed by atoms with Gasteiger partial charge in [-0.15, -0.1) is 0 Å². The number of carbonyl (C=O) groups excluding carboxylic acids is 1. The van der Waals surface area contributed by atoms with Gasteiger partial charge in [0.15, 0.2) is 6.10 Å². The van der Waals surface area contributed by atoms with Crippen LogP contribution in [0.25, 0.3) is 11.1 Å². The fourth-order valence-corrected chi connectivity index (χ4v) is 3.09. The lowest BCUT2D eigenvalue weighted by Gasteiger charge is -2.15. The molecule has 31 heavy (non-hydrogen) atoms. The fraction of sp³-hybridized carbons (Fsp3) is 0.0741. The summed E-state index contributed by atoms with van der Waals surface area (Å²) < 4.78 is 11.6. The average molecular weight is 409 g/mol. The number of hydrogen-bond acceptors (Lipinski definition) is 3. The van der Waals surface area contributed by atoms with E-state index in [9.17, 15) is 4.79 Å². The molecule has 0 fully saturated rings. The van der Waals surface area contributed by atoms with E-state index in [1.54, 1.807) is 19.1 Å². The molecule has 4 rings (SSSR count). The Bertz CT molecular complexity index is 1110. The first-order chi connectivity index (χ1) is 15.2. The van der Waals surface area contributed by atoms with Crippen molar-refractivity contribution in [3.8, 4) is 28.4 Å². The van der Waals surface area contributed by atoms with Crippen LogP contribution in [0.15, 0.2) is 109 Å². The van der Waals surface area contributed by atoms with Crippen LogP contribution in [0, 0.1) is 0 Å². The molecule has 154 valence electrons. The minimum absolute atomic E-state index is 0.219. The van der Waals surface area contributed by atoms with Crippen LogP contribution in [-0.4, -0.2) is 12.0 Å². The summed E-state index contributed by atoms with van der Waals surface area (Å²) in [5.74, 6) is 1.89. The van der Waals surface area contributed by atoms with E-state index in [0.717, 1.165) is 16.9 Å². The number of benzene rings is 4. The Morgan fingerprint density at radius 3 is 1.81 bits per heavy atom. The molecule has 0 aliphatic heterocycles. The zero-order chi connectivity index (χ0) is 21.5. The van der Waals surface area contributed by atoms with Crippen LogP contribution in [0.2, 0.25) is 0 Å². The van der Waals surface area contributed by atoms with Gasteiger partial charge in [0.05, 0.1) is 0 Å². The third-order valence-corrected chi connectivity index (χ3v) is 4.74.